The first kappa shape index (κ1) is 21.1. The quantitative estimate of drug-likeness (QED) is 0.508. The van der Waals surface area contributed by atoms with Crippen LogP contribution in [0.2, 0.25) is 0 Å². The molecule has 1 radical (unpaired) electrons. The number of rotatable bonds is 3. The second kappa shape index (κ2) is 11.6. The molecule has 5 heteroatoms. The topological polar surface area (TPSA) is 47.0 Å². The Morgan fingerprint density at radius 2 is 1.75 bits per heavy atom. The van der Waals surface area contributed by atoms with Gasteiger partial charge in [0.15, 0.2) is 0 Å². The third kappa shape index (κ3) is 8.86. The zero-order chi connectivity index (χ0) is 13.4. The Morgan fingerprint density at radius 1 is 1.10 bits per heavy atom. The molecule has 0 aliphatic rings. The fraction of sp³-hybridized carbons (Fsp3) is 0.200. The first-order valence-electron chi connectivity index (χ1n) is 5.53. The molecule has 0 amide bonds. The number of hydrogen-bond donors (Lipinski definition) is 0. The van der Waals surface area contributed by atoms with Gasteiger partial charge < -0.3 is 7.43 Å². The minimum atomic E-state index is -0.0625. The molecule has 3 nitrogen and oxygen atoms in total. The second-order valence-electron chi connectivity index (χ2n) is 3.77. The summed E-state index contributed by atoms with van der Waals surface area (Å²) >= 11 is 1.71. The van der Waals surface area contributed by atoms with Crippen LogP contribution in [-0.4, -0.2) is 16.6 Å². The molecule has 2 heterocycles. The number of hydrogen-bond acceptors (Lipinski definition) is 4. The monoisotopic (exact) mass is 469 g/mol. The Kier molecular flexibility index (Phi) is 12.3. The Balaban J connectivity index is 0. The summed E-state index contributed by atoms with van der Waals surface area (Å²) < 4.78 is 0. The number of carbonyl (C=O) groups is 2. The molecule has 0 saturated carbocycles. The first-order valence-corrected chi connectivity index (χ1v) is 6.41. The second-order valence-corrected chi connectivity index (χ2v) is 4.72. The van der Waals surface area contributed by atoms with Crippen molar-refractivity contribution in [1.82, 2.24) is 4.98 Å². The van der Waals surface area contributed by atoms with E-state index < -0.39 is 0 Å². The molecule has 0 N–H and O–H groups in total. The van der Waals surface area contributed by atoms with Crippen LogP contribution in [0.5, 0.6) is 0 Å². The summed E-state index contributed by atoms with van der Waals surface area (Å²) in [4.78, 5) is 25.5. The summed E-state index contributed by atoms with van der Waals surface area (Å²) in [7, 11) is 0. The molecule has 0 aromatic carbocycles. The van der Waals surface area contributed by atoms with Crippen molar-refractivity contribution in [2.45, 2.75) is 20.3 Å². The number of pyridine rings is 1. The molecule has 2 aromatic rings. The smallest absolute Gasteiger partial charge is 0.137 e. The maximum absolute atomic E-state index is 10.0. The van der Waals surface area contributed by atoms with Crippen molar-refractivity contribution in [3.8, 4) is 10.6 Å². The van der Waals surface area contributed by atoms with E-state index in [4.69, 9.17) is 0 Å². The molecule has 0 aliphatic carbocycles. The van der Waals surface area contributed by atoms with E-state index in [1.165, 1.54) is 18.7 Å². The maximum Gasteiger partial charge on any atom is 0.137 e. The minimum Gasteiger partial charge on any atom is -0.358 e. The van der Waals surface area contributed by atoms with Crippen molar-refractivity contribution < 1.29 is 29.7 Å². The molecule has 0 unspecified atom stereocenters. The Morgan fingerprint density at radius 3 is 2.10 bits per heavy atom. The predicted molar refractivity (Wildman–Crippen MR) is 79.9 cm³/mol. The molecule has 0 bridgehead atoms. The van der Waals surface area contributed by atoms with Gasteiger partial charge in [0.05, 0.1) is 17.0 Å². The number of ketones is 2. The van der Waals surface area contributed by atoms with Gasteiger partial charge in [-0.2, -0.15) is 0 Å². The molecule has 0 atom stereocenters. The van der Waals surface area contributed by atoms with E-state index in [0.29, 0.717) is 0 Å². The number of thiophene rings is 1. The van der Waals surface area contributed by atoms with Gasteiger partial charge in [-0.15, -0.1) is 11.3 Å². The summed E-state index contributed by atoms with van der Waals surface area (Å²) in [5.41, 5.74) is 1.06. The summed E-state index contributed by atoms with van der Waals surface area (Å²) in [5, 5.41) is 2.06. The summed E-state index contributed by atoms with van der Waals surface area (Å²) in [6.45, 7) is 2.81. The van der Waals surface area contributed by atoms with Gasteiger partial charge in [-0.05, 0) is 37.4 Å². The van der Waals surface area contributed by atoms with Gasteiger partial charge >= 0.3 is 0 Å². The summed E-state index contributed by atoms with van der Waals surface area (Å²) in [6.07, 6.45) is 1.90. The van der Waals surface area contributed by atoms with E-state index in [1.807, 2.05) is 30.5 Å². The average molecular weight is 469 g/mol. The van der Waals surface area contributed by atoms with Crippen LogP contribution in [0.4, 0.5) is 0 Å². The van der Waals surface area contributed by atoms with Crippen LogP contribution in [0.25, 0.3) is 10.6 Å². The van der Waals surface area contributed by atoms with Gasteiger partial charge in [0.1, 0.15) is 11.6 Å². The number of aromatic nitrogens is 1. The van der Waals surface area contributed by atoms with E-state index in [2.05, 4.69) is 16.4 Å². The zero-order valence-electron chi connectivity index (χ0n) is 11.8. The van der Waals surface area contributed by atoms with Crippen LogP contribution in [0.1, 0.15) is 20.3 Å². The molecule has 0 aliphatic heterocycles. The van der Waals surface area contributed by atoms with Gasteiger partial charge in [0.25, 0.3) is 0 Å². The Labute approximate surface area is 137 Å². The molecule has 0 fully saturated rings. The average Bonchev–Trinajstić information content (AvgIpc) is 2.82. The number of nitrogens with zero attached hydrogens (tertiary/aromatic N) is 1. The summed E-state index contributed by atoms with van der Waals surface area (Å²) in [5.74, 6) is -0.125. The van der Waals surface area contributed by atoms with E-state index in [0.717, 1.165) is 5.69 Å². The Hall–Kier alpha value is -1.16. The van der Waals surface area contributed by atoms with Crippen LogP contribution in [-0.2, 0) is 29.7 Å². The van der Waals surface area contributed by atoms with Crippen molar-refractivity contribution in [1.29, 1.82) is 0 Å². The fourth-order valence-corrected chi connectivity index (χ4v) is 1.99. The van der Waals surface area contributed by atoms with Crippen molar-refractivity contribution in [3.05, 3.63) is 49.3 Å². The first-order chi connectivity index (χ1) is 8.59. The van der Waals surface area contributed by atoms with Crippen LogP contribution >= 0.6 is 11.3 Å². The Bertz CT molecular complexity index is 486. The van der Waals surface area contributed by atoms with Crippen molar-refractivity contribution >= 4 is 22.9 Å². The third-order valence-corrected chi connectivity index (χ3v) is 2.83. The van der Waals surface area contributed by atoms with E-state index in [-0.39, 0.29) is 45.5 Å². The molecule has 0 spiro atoms. The molecular weight excluding hydrogens is 450 g/mol. The van der Waals surface area contributed by atoms with Gasteiger partial charge in [-0.25, -0.2) is 0 Å². The van der Waals surface area contributed by atoms with Crippen LogP contribution < -0.4 is 0 Å². The van der Waals surface area contributed by atoms with Crippen molar-refractivity contribution in [2.75, 3.05) is 0 Å². The van der Waals surface area contributed by atoms with E-state index in [1.54, 1.807) is 11.3 Å². The fourth-order valence-electron chi connectivity index (χ4n) is 1.28. The number of carbonyl (C=O) groups excluding carboxylic acids is 2. The van der Waals surface area contributed by atoms with Gasteiger partial charge in [-0.1, -0.05) is 12.1 Å². The van der Waals surface area contributed by atoms with Crippen LogP contribution in [0, 0.1) is 7.43 Å². The van der Waals surface area contributed by atoms with Crippen LogP contribution in [0.15, 0.2) is 41.9 Å². The van der Waals surface area contributed by atoms with Crippen molar-refractivity contribution in [2.24, 2.45) is 0 Å². The molecule has 20 heavy (non-hydrogen) atoms. The SMILES string of the molecule is CC(=O)CC(C)=O.[CH3-].[Ir].c1ccc(-c2cccs2)nc1. The molecule has 0 saturated heterocycles. The van der Waals surface area contributed by atoms with Gasteiger partial charge in [0, 0.05) is 26.3 Å². The summed E-state index contributed by atoms with van der Waals surface area (Å²) in [6, 6.07) is 10.1. The normalized spacial score (nSPS) is 8.30. The van der Waals surface area contributed by atoms with E-state index in [9.17, 15) is 9.59 Å². The van der Waals surface area contributed by atoms with Gasteiger partial charge in [0.2, 0.25) is 0 Å². The van der Waals surface area contributed by atoms with Gasteiger partial charge in [-0.3, -0.25) is 14.6 Å². The largest absolute Gasteiger partial charge is 0.358 e. The van der Waals surface area contributed by atoms with E-state index >= 15 is 0 Å². The molecular formula is C15H18IrNO2S-. The van der Waals surface area contributed by atoms with Crippen molar-refractivity contribution in [3.63, 3.8) is 0 Å². The molecule has 2 rings (SSSR count). The molecule has 2 aromatic heterocycles. The zero-order valence-corrected chi connectivity index (χ0v) is 15.0. The predicted octanol–water partition coefficient (Wildman–Crippen LogP) is 3.81. The van der Waals surface area contributed by atoms with Crippen LogP contribution in [0.3, 0.4) is 0 Å². The maximum atomic E-state index is 10.0. The minimum absolute atomic E-state index is 0. The standard InChI is InChI=1S/C9H7NS.C5H8O2.CH3.Ir/c1-2-6-10-8(4-1)9-5-3-7-11-9;1-4(6)3-5(2)7;;/h1-7H;3H2,1-2H3;1H3;/q;;-1;. The molecule has 111 valence electrons. The third-order valence-electron chi connectivity index (χ3n) is 1.94. The number of Topliss-reactive ketones (excluding diaryl/α,β-unsaturated/α-hetero) is 2.